The van der Waals surface area contributed by atoms with Gasteiger partial charge in [0.05, 0.1) is 25.1 Å². The van der Waals surface area contributed by atoms with Crippen molar-refractivity contribution in [2.24, 2.45) is 26.6 Å². The number of nitrogens with two attached hydrogens (primary N) is 1. The lowest BCUT2D eigenvalue weighted by Gasteiger charge is -2.27. The molecule has 9 nitrogen and oxygen atoms in total. The van der Waals surface area contributed by atoms with Gasteiger partial charge in [-0.05, 0) is 12.0 Å². The number of fused-ring (bicyclic) bond motifs is 1. The lowest BCUT2D eigenvalue weighted by molar-refractivity contribution is -0.117. The Morgan fingerprint density at radius 3 is 2.81 bits per heavy atom. The molecule has 21 heavy (non-hydrogen) atoms. The van der Waals surface area contributed by atoms with Crippen molar-refractivity contribution in [3.63, 3.8) is 0 Å². The fourth-order valence-electron chi connectivity index (χ4n) is 2.82. The first kappa shape index (κ1) is 15.3. The summed E-state index contributed by atoms with van der Waals surface area (Å²) >= 11 is 0. The lowest BCUT2D eigenvalue weighted by Crippen LogP contribution is -2.44. The molecule has 2 aliphatic heterocycles. The van der Waals surface area contributed by atoms with Crippen LogP contribution in [0.1, 0.15) is 6.42 Å². The first-order valence-corrected chi connectivity index (χ1v) is 6.28. The SMILES string of the molecule is C=C1[C@H](CO)[C@@H](O)C[C@@H]1N1C=NC2C(=O)N=C(N)N=C21.O. The topological polar surface area (TPSA) is 155 Å². The molecule has 9 heteroatoms. The van der Waals surface area contributed by atoms with Gasteiger partial charge >= 0.3 is 0 Å². The molecule has 3 aliphatic rings. The summed E-state index contributed by atoms with van der Waals surface area (Å²) in [7, 11) is 0. The summed E-state index contributed by atoms with van der Waals surface area (Å²) in [4.78, 5) is 25.1. The first-order chi connectivity index (χ1) is 9.52. The Morgan fingerprint density at radius 2 is 2.19 bits per heavy atom. The van der Waals surface area contributed by atoms with Gasteiger partial charge in [0, 0.05) is 5.92 Å². The number of carbonyl (C=O) groups excluding carboxylic acids is 1. The van der Waals surface area contributed by atoms with Crippen molar-refractivity contribution in [1.82, 2.24) is 4.90 Å². The molecule has 1 amide bonds. The van der Waals surface area contributed by atoms with Gasteiger partial charge in [0.2, 0.25) is 5.96 Å². The average molecular weight is 295 g/mol. The Kier molecular flexibility index (Phi) is 3.90. The third kappa shape index (κ3) is 2.24. The predicted molar refractivity (Wildman–Crippen MR) is 75.9 cm³/mol. The molecule has 4 atom stereocenters. The molecule has 0 radical (unpaired) electrons. The molecule has 1 aliphatic carbocycles. The number of amidine groups is 1. The van der Waals surface area contributed by atoms with E-state index in [1.807, 2.05) is 0 Å². The Hall–Kier alpha value is -2.10. The van der Waals surface area contributed by atoms with Gasteiger partial charge in [-0.25, -0.2) is 0 Å². The number of hydrogen-bond acceptors (Lipinski definition) is 7. The van der Waals surface area contributed by atoms with Gasteiger partial charge in [-0.3, -0.25) is 9.79 Å². The van der Waals surface area contributed by atoms with Gasteiger partial charge in [-0.2, -0.15) is 9.98 Å². The van der Waals surface area contributed by atoms with E-state index in [1.165, 1.54) is 6.34 Å². The zero-order valence-corrected chi connectivity index (χ0v) is 11.2. The number of aliphatic hydroxyl groups excluding tert-OH is 2. The molecule has 1 unspecified atom stereocenters. The number of guanidine groups is 1. The molecule has 1 fully saturated rings. The third-order valence-corrected chi connectivity index (χ3v) is 3.90. The molecule has 1 saturated carbocycles. The molecule has 0 saturated heterocycles. The Bertz CT molecular complexity index is 570. The summed E-state index contributed by atoms with van der Waals surface area (Å²) in [6.45, 7) is 3.77. The summed E-state index contributed by atoms with van der Waals surface area (Å²) in [5.74, 6) is -0.522. The number of aliphatic imine (C=N–C) groups is 3. The van der Waals surface area contributed by atoms with Gasteiger partial charge in [0.1, 0.15) is 5.84 Å². The zero-order chi connectivity index (χ0) is 14.4. The monoisotopic (exact) mass is 295 g/mol. The molecule has 0 aromatic rings. The number of aliphatic hydroxyl groups is 2. The van der Waals surface area contributed by atoms with Crippen LogP contribution in [0.3, 0.4) is 0 Å². The number of hydrogen-bond donors (Lipinski definition) is 3. The van der Waals surface area contributed by atoms with Crippen LogP contribution in [0.5, 0.6) is 0 Å². The molecule has 6 N–H and O–H groups in total. The number of carbonyl (C=O) groups is 1. The molecule has 0 aromatic heterocycles. The summed E-state index contributed by atoms with van der Waals surface area (Å²) in [5, 5.41) is 19.2. The van der Waals surface area contributed by atoms with E-state index in [-0.39, 0.29) is 30.0 Å². The maximum absolute atomic E-state index is 11.7. The van der Waals surface area contributed by atoms with E-state index >= 15 is 0 Å². The van der Waals surface area contributed by atoms with E-state index in [0.29, 0.717) is 17.8 Å². The third-order valence-electron chi connectivity index (χ3n) is 3.90. The van der Waals surface area contributed by atoms with E-state index in [0.717, 1.165) is 0 Å². The van der Waals surface area contributed by atoms with Crippen molar-refractivity contribution in [1.29, 1.82) is 0 Å². The maximum Gasteiger partial charge on any atom is 0.281 e. The van der Waals surface area contributed by atoms with Crippen molar-refractivity contribution in [3.05, 3.63) is 12.2 Å². The van der Waals surface area contributed by atoms with Crippen LogP contribution < -0.4 is 5.73 Å². The fourth-order valence-corrected chi connectivity index (χ4v) is 2.82. The minimum absolute atomic E-state index is 0. The van der Waals surface area contributed by atoms with E-state index in [9.17, 15) is 15.0 Å². The fraction of sp³-hybridized carbons (Fsp3) is 0.500. The van der Waals surface area contributed by atoms with Crippen LogP contribution in [0.2, 0.25) is 0 Å². The van der Waals surface area contributed by atoms with E-state index in [4.69, 9.17) is 5.73 Å². The van der Waals surface area contributed by atoms with Gasteiger partial charge in [0.15, 0.2) is 6.04 Å². The molecule has 114 valence electrons. The Morgan fingerprint density at radius 1 is 1.48 bits per heavy atom. The normalized spacial score (nSPS) is 34.5. The van der Waals surface area contributed by atoms with Crippen molar-refractivity contribution in [2.45, 2.75) is 24.6 Å². The molecular formula is C12H17N5O4. The summed E-state index contributed by atoms with van der Waals surface area (Å²) in [6, 6.07) is -1.02. The Balaban J connectivity index is 0.00000161. The summed E-state index contributed by atoms with van der Waals surface area (Å²) < 4.78 is 0. The van der Waals surface area contributed by atoms with Gasteiger partial charge < -0.3 is 26.3 Å². The number of nitrogens with zero attached hydrogens (tertiary/aromatic N) is 4. The molecule has 2 heterocycles. The smallest absolute Gasteiger partial charge is 0.281 e. The summed E-state index contributed by atoms with van der Waals surface area (Å²) in [6.07, 6.45) is 1.22. The van der Waals surface area contributed by atoms with E-state index in [1.54, 1.807) is 4.90 Å². The highest BCUT2D eigenvalue weighted by atomic mass is 16.3. The maximum atomic E-state index is 11.7. The molecule has 0 spiro atoms. The van der Waals surface area contributed by atoms with Crippen LogP contribution in [0.15, 0.2) is 27.1 Å². The van der Waals surface area contributed by atoms with E-state index < -0.39 is 18.1 Å². The molecule has 0 aromatic carbocycles. The minimum Gasteiger partial charge on any atom is -0.412 e. The number of rotatable bonds is 2. The highest BCUT2D eigenvalue weighted by Gasteiger charge is 2.44. The second-order valence-corrected chi connectivity index (χ2v) is 5.04. The van der Waals surface area contributed by atoms with Gasteiger partial charge in [-0.1, -0.05) is 6.58 Å². The lowest BCUT2D eigenvalue weighted by atomic mass is 10.0. The van der Waals surface area contributed by atoms with Crippen LogP contribution in [-0.4, -0.2) is 69.4 Å². The van der Waals surface area contributed by atoms with E-state index in [2.05, 4.69) is 21.6 Å². The van der Waals surface area contributed by atoms with Gasteiger partial charge in [-0.15, -0.1) is 0 Å². The quantitative estimate of drug-likeness (QED) is 0.477. The second-order valence-electron chi connectivity index (χ2n) is 5.04. The van der Waals surface area contributed by atoms with Crippen LogP contribution in [0, 0.1) is 5.92 Å². The van der Waals surface area contributed by atoms with Crippen LogP contribution in [-0.2, 0) is 4.79 Å². The highest BCUT2D eigenvalue weighted by Crippen LogP contribution is 2.35. The minimum atomic E-state index is -0.764. The Labute approximate surface area is 120 Å². The van der Waals surface area contributed by atoms with Crippen molar-refractivity contribution >= 4 is 24.0 Å². The number of amides is 1. The largest absolute Gasteiger partial charge is 0.412 e. The van der Waals surface area contributed by atoms with Gasteiger partial charge in [0.25, 0.3) is 5.91 Å². The first-order valence-electron chi connectivity index (χ1n) is 6.28. The van der Waals surface area contributed by atoms with Crippen LogP contribution >= 0.6 is 0 Å². The zero-order valence-electron chi connectivity index (χ0n) is 11.2. The van der Waals surface area contributed by atoms with Crippen LogP contribution in [0.25, 0.3) is 0 Å². The summed E-state index contributed by atoms with van der Waals surface area (Å²) in [5.41, 5.74) is 6.20. The predicted octanol–water partition coefficient (Wildman–Crippen LogP) is -2.57. The highest BCUT2D eigenvalue weighted by molar-refractivity contribution is 6.22. The second kappa shape index (κ2) is 5.35. The molecular weight excluding hydrogens is 278 g/mol. The van der Waals surface area contributed by atoms with Crippen molar-refractivity contribution in [3.8, 4) is 0 Å². The standard InChI is InChI=1S/C12H15N5O3.H2O/c1-5-6(3-18)8(19)2-7(5)17-4-14-9-10(17)15-12(13)16-11(9)20;/h4,6-9,18-19H,1-3H2,(H2,13,16,20);1H2/t6-,7-,8-,9?;/m0./s1. The average Bonchev–Trinajstić information content (AvgIpc) is 2.91. The molecule has 3 rings (SSSR count). The van der Waals surface area contributed by atoms with Crippen LogP contribution in [0.4, 0.5) is 0 Å². The van der Waals surface area contributed by atoms with Crippen molar-refractivity contribution < 1.29 is 20.5 Å². The van der Waals surface area contributed by atoms with Crippen molar-refractivity contribution in [2.75, 3.05) is 6.61 Å². The molecule has 0 bridgehead atoms.